The zero-order chi connectivity index (χ0) is 16.3. The molecule has 0 radical (unpaired) electrons. The Kier molecular flexibility index (Phi) is 5.92. The second-order valence-corrected chi connectivity index (χ2v) is 6.52. The summed E-state index contributed by atoms with van der Waals surface area (Å²) in [6, 6.07) is 3.02. The highest BCUT2D eigenvalue weighted by molar-refractivity contribution is 6.42. The molecule has 1 aliphatic heterocycles. The summed E-state index contributed by atoms with van der Waals surface area (Å²) in [6.07, 6.45) is 1.60. The molecule has 1 heterocycles. The smallest absolute Gasteiger partial charge is 0.238 e. The number of hydrogen-bond acceptors (Lipinski definition) is 3. The molecule has 0 unspecified atom stereocenters. The first-order valence-electron chi connectivity index (χ1n) is 6.83. The highest BCUT2D eigenvalue weighted by Gasteiger charge is 2.25. The number of halogens is 3. The molecule has 1 aromatic rings. The van der Waals surface area contributed by atoms with Gasteiger partial charge in [0.05, 0.1) is 28.2 Å². The minimum atomic E-state index is -0.325. The lowest BCUT2D eigenvalue weighted by molar-refractivity contribution is -0.125. The third-order valence-corrected chi connectivity index (χ3v) is 4.36. The molecule has 0 spiro atoms. The number of piperidine rings is 1. The van der Waals surface area contributed by atoms with Crippen molar-refractivity contribution >= 4 is 52.3 Å². The van der Waals surface area contributed by atoms with Crippen LogP contribution in [0.25, 0.3) is 0 Å². The van der Waals surface area contributed by atoms with Gasteiger partial charge in [-0.3, -0.25) is 14.5 Å². The number of benzene rings is 1. The predicted octanol–water partition coefficient (Wildman–Crippen LogP) is 2.78. The van der Waals surface area contributed by atoms with Crippen molar-refractivity contribution in [1.29, 1.82) is 0 Å². The Morgan fingerprint density at radius 1 is 1.27 bits per heavy atom. The van der Waals surface area contributed by atoms with E-state index in [9.17, 15) is 9.59 Å². The van der Waals surface area contributed by atoms with E-state index in [1.807, 2.05) is 4.90 Å². The third kappa shape index (κ3) is 4.49. The van der Waals surface area contributed by atoms with Crippen LogP contribution in [0.15, 0.2) is 12.1 Å². The van der Waals surface area contributed by atoms with Crippen LogP contribution in [0.1, 0.15) is 12.8 Å². The number of carbonyl (C=O) groups is 2. The summed E-state index contributed by atoms with van der Waals surface area (Å²) in [4.78, 5) is 25.3. The topological polar surface area (TPSA) is 75.4 Å². The molecular weight excluding hydrogens is 349 g/mol. The first-order chi connectivity index (χ1) is 10.4. The average molecular weight is 365 g/mol. The lowest BCUT2D eigenvalue weighted by atomic mass is 9.97. The lowest BCUT2D eigenvalue weighted by Gasteiger charge is -2.30. The fraction of sp³-hybridized carbons (Fsp3) is 0.429. The number of nitrogens with zero attached hydrogens (tertiary/aromatic N) is 1. The number of hydrogen-bond donors (Lipinski definition) is 2. The van der Waals surface area contributed by atoms with Crippen molar-refractivity contribution in [3.05, 3.63) is 27.2 Å². The Morgan fingerprint density at radius 2 is 1.91 bits per heavy atom. The number of likely N-dealkylation sites (tertiary alicyclic amines) is 1. The van der Waals surface area contributed by atoms with Crippen LogP contribution in [0.3, 0.4) is 0 Å². The van der Waals surface area contributed by atoms with Crippen LogP contribution in [0, 0.1) is 5.92 Å². The molecule has 5 nitrogen and oxygen atoms in total. The normalized spacial score (nSPS) is 19.0. The summed E-state index contributed by atoms with van der Waals surface area (Å²) in [5.74, 6) is -0.783. The average Bonchev–Trinajstić information content (AvgIpc) is 2.43. The number of carbonyl (C=O) groups excluding carboxylic acids is 2. The second-order valence-electron chi connectivity index (χ2n) is 5.27. The minimum absolute atomic E-state index is 0.152. The van der Waals surface area contributed by atoms with Crippen molar-refractivity contribution < 1.29 is 9.59 Å². The van der Waals surface area contributed by atoms with Gasteiger partial charge in [0.25, 0.3) is 0 Å². The van der Waals surface area contributed by atoms with Crippen molar-refractivity contribution in [2.75, 3.05) is 25.0 Å². The maximum Gasteiger partial charge on any atom is 0.238 e. The molecule has 1 fully saturated rings. The molecule has 2 rings (SSSR count). The number of nitrogens with two attached hydrogens (primary N) is 1. The molecule has 3 N–H and O–H groups in total. The molecule has 22 heavy (non-hydrogen) atoms. The number of primary amides is 1. The summed E-state index contributed by atoms with van der Waals surface area (Å²) >= 11 is 17.9. The Labute approximate surface area is 143 Å². The van der Waals surface area contributed by atoms with Crippen molar-refractivity contribution in [3.8, 4) is 0 Å². The van der Waals surface area contributed by atoms with Gasteiger partial charge < -0.3 is 11.1 Å². The summed E-state index contributed by atoms with van der Waals surface area (Å²) in [7, 11) is 0. The van der Waals surface area contributed by atoms with Crippen LogP contribution >= 0.6 is 34.8 Å². The van der Waals surface area contributed by atoms with E-state index in [2.05, 4.69) is 5.32 Å². The van der Waals surface area contributed by atoms with Crippen molar-refractivity contribution in [3.63, 3.8) is 0 Å². The molecule has 1 aliphatic rings. The van der Waals surface area contributed by atoms with E-state index in [-0.39, 0.29) is 34.3 Å². The van der Waals surface area contributed by atoms with E-state index in [1.165, 1.54) is 12.1 Å². The molecule has 1 aromatic carbocycles. The molecule has 0 bridgehead atoms. The second kappa shape index (κ2) is 7.51. The van der Waals surface area contributed by atoms with Gasteiger partial charge in [0.15, 0.2) is 0 Å². The Bertz CT molecular complexity index is 572. The van der Waals surface area contributed by atoms with Gasteiger partial charge in [-0.15, -0.1) is 0 Å². The van der Waals surface area contributed by atoms with Gasteiger partial charge in [0.2, 0.25) is 11.8 Å². The van der Waals surface area contributed by atoms with Crippen LogP contribution in [0.4, 0.5) is 5.69 Å². The van der Waals surface area contributed by atoms with E-state index in [0.717, 1.165) is 19.4 Å². The van der Waals surface area contributed by atoms with Gasteiger partial charge in [-0.2, -0.15) is 0 Å². The zero-order valence-corrected chi connectivity index (χ0v) is 14.0. The first kappa shape index (κ1) is 17.3. The molecule has 0 saturated carbocycles. The lowest BCUT2D eigenvalue weighted by Crippen LogP contribution is -2.44. The van der Waals surface area contributed by atoms with Crippen LogP contribution in [0.5, 0.6) is 0 Å². The van der Waals surface area contributed by atoms with Gasteiger partial charge in [-0.1, -0.05) is 34.8 Å². The summed E-state index contributed by atoms with van der Waals surface area (Å²) in [6.45, 7) is 1.39. The molecule has 0 aliphatic carbocycles. The van der Waals surface area contributed by atoms with Crippen LogP contribution < -0.4 is 11.1 Å². The number of nitrogens with one attached hydrogen (secondary N) is 1. The maximum atomic E-state index is 12.1. The van der Waals surface area contributed by atoms with Crippen molar-refractivity contribution in [1.82, 2.24) is 4.90 Å². The Morgan fingerprint density at radius 3 is 2.50 bits per heavy atom. The quantitative estimate of drug-likeness (QED) is 0.862. The van der Waals surface area contributed by atoms with E-state index in [0.29, 0.717) is 17.3 Å². The third-order valence-electron chi connectivity index (χ3n) is 3.55. The van der Waals surface area contributed by atoms with Crippen LogP contribution in [-0.4, -0.2) is 36.3 Å². The standard InChI is InChI=1S/C14H16Cl3N3O2/c15-9-4-10(16)13(11(17)5-9)19-12(21)7-20-3-1-2-8(6-20)14(18)22/h4-5,8H,1-3,6-7H2,(H2,18,22)(H,19,21)/t8-/m0/s1. The van der Waals surface area contributed by atoms with E-state index in [1.54, 1.807) is 0 Å². The van der Waals surface area contributed by atoms with Gasteiger partial charge in [0, 0.05) is 11.6 Å². The van der Waals surface area contributed by atoms with Gasteiger partial charge in [0.1, 0.15) is 0 Å². The number of amides is 2. The largest absolute Gasteiger partial charge is 0.369 e. The maximum absolute atomic E-state index is 12.1. The Balaban J connectivity index is 1.97. The summed E-state index contributed by atoms with van der Waals surface area (Å²) in [5.41, 5.74) is 5.66. The van der Waals surface area contributed by atoms with Crippen LogP contribution in [0.2, 0.25) is 15.1 Å². The molecule has 1 saturated heterocycles. The molecule has 2 amide bonds. The predicted molar refractivity (Wildman–Crippen MR) is 88.5 cm³/mol. The number of rotatable bonds is 4. The molecular formula is C14H16Cl3N3O2. The van der Waals surface area contributed by atoms with Crippen molar-refractivity contribution in [2.45, 2.75) is 12.8 Å². The minimum Gasteiger partial charge on any atom is -0.369 e. The Hall–Kier alpha value is -1.01. The zero-order valence-electron chi connectivity index (χ0n) is 11.7. The fourth-order valence-corrected chi connectivity index (χ4v) is 3.39. The molecule has 1 atom stereocenters. The summed E-state index contributed by atoms with van der Waals surface area (Å²) < 4.78 is 0. The molecule has 120 valence electrons. The van der Waals surface area contributed by atoms with Crippen molar-refractivity contribution in [2.24, 2.45) is 11.7 Å². The van der Waals surface area contributed by atoms with Gasteiger partial charge in [-0.25, -0.2) is 0 Å². The summed E-state index contributed by atoms with van der Waals surface area (Å²) in [5, 5.41) is 3.63. The SMILES string of the molecule is NC(=O)[C@H]1CCCN(CC(=O)Nc2c(Cl)cc(Cl)cc2Cl)C1. The van der Waals surface area contributed by atoms with Gasteiger partial charge in [-0.05, 0) is 31.5 Å². The molecule has 0 aromatic heterocycles. The van der Waals surface area contributed by atoms with E-state index in [4.69, 9.17) is 40.5 Å². The highest BCUT2D eigenvalue weighted by atomic mass is 35.5. The van der Waals surface area contributed by atoms with Crippen LogP contribution in [-0.2, 0) is 9.59 Å². The molecule has 8 heteroatoms. The monoisotopic (exact) mass is 363 g/mol. The fourth-order valence-electron chi connectivity index (χ4n) is 2.48. The highest BCUT2D eigenvalue weighted by Crippen LogP contribution is 2.33. The first-order valence-corrected chi connectivity index (χ1v) is 7.96. The van der Waals surface area contributed by atoms with Gasteiger partial charge >= 0.3 is 0 Å². The van der Waals surface area contributed by atoms with E-state index >= 15 is 0 Å². The number of anilines is 1. The van der Waals surface area contributed by atoms with E-state index < -0.39 is 0 Å².